The lowest BCUT2D eigenvalue weighted by atomic mass is 10.1. The summed E-state index contributed by atoms with van der Waals surface area (Å²) in [5.41, 5.74) is 7.21. The van der Waals surface area contributed by atoms with Gasteiger partial charge < -0.3 is 15.2 Å². The summed E-state index contributed by atoms with van der Waals surface area (Å²) in [6, 6.07) is 5.49. The van der Waals surface area contributed by atoms with Gasteiger partial charge in [0.25, 0.3) is 0 Å². The molecule has 0 atom stereocenters. The van der Waals surface area contributed by atoms with Gasteiger partial charge in [-0.05, 0) is 26.0 Å². The largest absolute Gasteiger partial charge is 0.497 e. The molecule has 0 fully saturated rings. The molecule has 2 rings (SSSR count). The third-order valence-electron chi connectivity index (χ3n) is 2.46. The number of anilines is 1. The first kappa shape index (κ1) is 10.8. The lowest BCUT2D eigenvalue weighted by Gasteiger charge is -2.07. The summed E-state index contributed by atoms with van der Waals surface area (Å²) in [4.78, 5) is 4.48. The van der Waals surface area contributed by atoms with Crippen LogP contribution in [-0.4, -0.2) is 25.2 Å². The van der Waals surface area contributed by atoms with Crippen LogP contribution in [-0.2, 0) is 4.74 Å². The maximum atomic E-state index is 5.92. The van der Waals surface area contributed by atoms with E-state index in [0.29, 0.717) is 18.2 Å². The second kappa shape index (κ2) is 3.70. The molecule has 0 amide bonds. The smallest absolute Gasteiger partial charge is 0.218 e. The molecule has 0 saturated heterocycles. The van der Waals surface area contributed by atoms with Crippen LogP contribution < -0.4 is 10.5 Å². The Hall–Kier alpha value is -1.71. The van der Waals surface area contributed by atoms with Crippen LogP contribution in [0.5, 0.6) is 5.75 Å². The summed E-state index contributed by atoms with van der Waals surface area (Å²) in [5.74, 6) is 1.35. The highest BCUT2D eigenvalue weighted by Crippen LogP contribution is 2.26. The molecule has 1 aliphatic rings. The van der Waals surface area contributed by atoms with E-state index in [1.807, 2.05) is 26.0 Å². The third-order valence-corrected chi connectivity index (χ3v) is 2.46. The maximum absolute atomic E-state index is 5.92. The highest BCUT2D eigenvalue weighted by molar-refractivity contribution is 6.00. The molecule has 2 N–H and O–H groups in total. The molecule has 0 radical (unpaired) electrons. The highest BCUT2D eigenvalue weighted by atomic mass is 16.5. The average molecular weight is 220 g/mol. The van der Waals surface area contributed by atoms with E-state index in [-0.39, 0.29) is 5.54 Å². The number of benzene rings is 1. The van der Waals surface area contributed by atoms with Gasteiger partial charge in [-0.25, -0.2) is 4.99 Å². The van der Waals surface area contributed by atoms with Gasteiger partial charge in [-0.1, -0.05) is 0 Å². The first-order chi connectivity index (χ1) is 7.52. The van der Waals surface area contributed by atoms with Crippen molar-refractivity contribution in [3.63, 3.8) is 0 Å². The summed E-state index contributed by atoms with van der Waals surface area (Å²) in [6.45, 7) is 4.65. The molecule has 4 heteroatoms. The van der Waals surface area contributed by atoms with Gasteiger partial charge in [-0.2, -0.15) is 0 Å². The fourth-order valence-electron chi connectivity index (χ4n) is 1.58. The second-order valence-electron chi connectivity index (χ2n) is 4.47. The number of methoxy groups -OCH3 is 1. The van der Waals surface area contributed by atoms with Crippen LogP contribution in [0.1, 0.15) is 19.4 Å². The van der Waals surface area contributed by atoms with Gasteiger partial charge in [-0.15, -0.1) is 0 Å². The molecule has 0 aromatic heterocycles. The number of hydrogen-bond donors (Lipinski definition) is 1. The van der Waals surface area contributed by atoms with E-state index in [1.54, 1.807) is 13.2 Å². The summed E-state index contributed by atoms with van der Waals surface area (Å²) in [6.07, 6.45) is 0. The summed E-state index contributed by atoms with van der Waals surface area (Å²) in [7, 11) is 1.61. The summed E-state index contributed by atoms with van der Waals surface area (Å²) < 4.78 is 10.6. The van der Waals surface area contributed by atoms with Crippen molar-refractivity contribution in [3.8, 4) is 5.75 Å². The maximum Gasteiger partial charge on any atom is 0.218 e. The molecule has 1 heterocycles. The van der Waals surface area contributed by atoms with Crippen LogP contribution in [0.15, 0.2) is 23.2 Å². The van der Waals surface area contributed by atoms with Gasteiger partial charge in [-0.3, -0.25) is 0 Å². The molecule has 0 saturated carbocycles. The summed E-state index contributed by atoms with van der Waals surface area (Å²) >= 11 is 0. The van der Waals surface area contributed by atoms with Crippen molar-refractivity contribution in [3.05, 3.63) is 23.8 Å². The van der Waals surface area contributed by atoms with Crippen molar-refractivity contribution in [2.45, 2.75) is 19.4 Å². The predicted octanol–water partition coefficient (Wildman–Crippen LogP) is 1.83. The quantitative estimate of drug-likeness (QED) is 0.773. The van der Waals surface area contributed by atoms with Gasteiger partial charge >= 0.3 is 0 Å². The van der Waals surface area contributed by atoms with E-state index >= 15 is 0 Å². The van der Waals surface area contributed by atoms with Crippen molar-refractivity contribution < 1.29 is 9.47 Å². The first-order valence-corrected chi connectivity index (χ1v) is 5.18. The molecule has 1 aromatic rings. The van der Waals surface area contributed by atoms with Gasteiger partial charge in [0.05, 0.1) is 18.2 Å². The monoisotopic (exact) mass is 220 g/mol. The molecule has 1 aliphatic heterocycles. The lowest BCUT2D eigenvalue weighted by molar-refractivity contribution is 0.279. The Kier molecular flexibility index (Phi) is 2.50. The minimum Gasteiger partial charge on any atom is -0.497 e. The van der Waals surface area contributed by atoms with Crippen molar-refractivity contribution in [1.29, 1.82) is 0 Å². The van der Waals surface area contributed by atoms with Gasteiger partial charge in [0.1, 0.15) is 12.4 Å². The molecule has 4 nitrogen and oxygen atoms in total. The second-order valence-corrected chi connectivity index (χ2v) is 4.47. The average Bonchev–Trinajstić information content (AvgIpc) is 2.58. The van der Waals surface area contributed by atoms with Crippen LogP contribution in [0.3, 0.4) is 0 Å². The Balaban J connectivity index is 2.35. The third kappa shape index (κ3) is 1.96. The molecule has 0 bridgehead atoms. The fourth-order valence-corrected chi connectivity index (χ4v) is 1.58. The molecule has 0 unspecified atom stereocenters. The van der Waals surface area contributed by atoms with Crippen molar-refractivity contribution in [1.82, 2.24) is 0 Å². The van der Waals surface area contributed by atoms with Crippen LogP contribution in [0, 0.1) is 0 Å². The standard InChI is InChI=1S/C12H16N2O2/c1-12(2)7-16-11(14-12)9-5-4-8(15-3)6-10(9)13/h4-6H,7,13H2,1-3H3. The zero-order valence-corrected chi connectivity index (χ0v) is 9.78. The number of ether oxygens (including phenoxy) is 2. The minimum absolute atomic E-state index is 0.165. The van der Waals surface area contributed by atoms with Gasteiger partial charge in [0, 0.05) is 11.8 Å². The molecule has 0 spiro atoms. The van der Waals surface area contributed by atoms with Crippen molar-refractivity contribution in [2.24, 2.45) is 4.99 Å². The SMILES string of the molecule is COc1ccc(C2=NC(C)(C)CO2)c(N)c1. The Morgan fingerprint density at radius 1 is 1.44 bits per heavy atom. The van der Waals surface area contributed by atoms with E-state index in [9.17, 15) is 0 Å². The predicted molar refractivity (Wildman–Crippen MR) is 64.0 cm³/mol. The van der Waals surface area contributed by atoms with E-state index in [0.717, 1.165) is 11.3 Å². The van der Waals surface area contributed by atoms with Gasteiger partial charge in [0.15, 0.2) is 0 Å². The molecular formula is C12H16N2O2. The van der Waals surface area contributed by atoms with Crippen LogP contribution in [0.25, 0.3) is 0 Å². The number of aliphatic imine (C=N–C) groups is 1. The van der Waals surface area contributed by atoms with E-state index in [2.05, 4.69) is 4.99 Å². The Bertz CT molecular complexity index is 439. The first-order valence-electron chi connectivity index (χ1n) is 5.18. The number of rotatable bonds is 2. The van der Waals surface area contributed by atoms with E-state index in [1.165, 1.54) is 0 Å². The van der Waals surface area contributed by atoms with E-state index < -0.39 is 0 Å². The number of nitrogens with zero attached hydrogens (tertiary/aromatic N) is 1. The normalized spacial score (nSPS) is 17.8. The summed E-state index contributed by atoms with van der Waals surface area (Å²) in [5, 5.41) is 0. The fraction of sp³-hybridized carbons (Fsp3) is 0.417. The lowest BCUT2D eigenvalue weighted by Crippen LogP contribution is -2.17. The zero-order valence-electron chi connectivity index (χ0n) is 9.78. The van der Waals surface area contributed by atoms with Crippen LogP contribution >= 0.6 is 0 Å². The Labute approximate surface area is 95.1 Å². The Morgan fingerprint density at radius 2 is 2.19 bits per heavy atom. The van der Waals surface area contributed by atoms with Crippen LogP contribution in [0.2, 0.25) is 0 Å². The Morgan fingerprint density at radius 3 is 2.69 bits per heavy atom. The molecule has 16 heavy (non-hydrogen) atoms. The van der Waals surface area contributed by atoms with Crippen molar-refractivity contribution in [2.75, 3.05) is 19.5 Å². The minimum atomic E-state index is -0.165. The molecular weight excluding hydrogens is 204 g/mol. The van der Waals surface area contributed by atoms with Gasteiger partial charge in [0.2, 0.25) is 5.90 Å². The number of nitrogen functional groups attached to an aromatic ring is 1. The number of hydrogen-bond acceptors (Lipinski definition) is 4. The number of nitrogens with two attached hydrogens (primary N) is 1. The molecule has 1 aromatic carbocycles. The van der Waals surface area contributed by atoms with E-state index in [4.69, 9.17) is 15.2 Å². The molecule has 86 valence electrons. The van der Waals surface area contributed by atoms with Crippen LogP contribution in [0.4, 0.5) is 5.69 Å². The molecule has 0 aliphatic carbocycles. The van der Waals surface area contributed by atoms with Crippen molar-refractivity contribution >= 4 is 11.6 Å². The topological polar surface area (TPSA) is 56.8 Å². The zero-order chi connectivity index (χ0) is 11.8. The highest BCUT2D eigenvalue weighted by Gasteiger charge is 2.27.